The molecule has 9 unspecified atom stereocenters. The number of allylic oxidation sites excluding steroid dienone is 2. The van der Waals surface area contributed by atoms with Crippen molar-refractivity contribution in [2.45, 2.75) is 111 Å². The third kappa shape index (κ3) is 3.71. The van der Waals surface area contributed by atoms with Crippen LogP contribution in [0.1, 0.15) is 92.9 Å². The molecule has 5 heteroatoms. The summed E-state index contributed by atoms with van der Waals surface area (Å²) in [5, 5.41) is 43.9. The number of rotatable bonds is 5. The summed E-state index contributed by atoms with van der Waals surface area (Å²) in [5.41, 5.74) is 0.763. The van der Waals surface area contributed by atoms with Crippen molar-refractivity contribution in [1.82, 2.24) is 0 Å². The van der Waals surface area contributed by atoms with Crippen LogP contribution in [0.4, 0.5) is 0 Å². The molecule has 0 radical (unpaired) electrons. The molecule has 4 N–H and O–H groups in total. The van der Waals surface area contributed by atoms with Gasteiger partial charge in [0.25, 0.3) is 0 Å². The summed E-state index contributed by atoms with van der Waals surface area (Å²) in [6.45, 7) is 13.2. The number of carboxylic acid groups (broad SMARTS) is 1. The predicted octanol–water partition coefficient (Wildman–Crippen LogP) is 5.03. The van der Waals surface area contributed by atoms with Gasteiger partial charge in [0.05, 0.1) is 24.2 Å². The number of hydrogen-bond acceptors (Lipinski definition) is 4. The lowest BCUT2D eigenvalue weighted by molar-refractivity contribution is -0.240. The summed E-state index contributed by atoms with van der Waals surface area (Å²) < 4.78 is 0. The van der Waals surface area contributed by atoms with Crippen LogP contribution in [-0.2, 0) is 4.79 Å². The van der Waals surface area contributed by atoms with Crippen LogP contribution in [0.15, 0.2) is 11.6 Å². The van der Waals surface area contributed by atoms with Crippen molar-refractivity contribution < 1.29 is 25.2 Å². The minimum Gasteiger partial charge on any atom is -0.481 e. The van der Waals surface area contributed by atoms with Crippen LogP contribution in [0, 0.1) is 51.8 Å². The Morgan fingerprint density at radius 3 is 2.26 bits per heavy atom. The molecule has 0 bridgehead atoms. The first-order valence-corrected chi connectivity index (χ1v) is 13.7. The van der Waals surface area contributed by atoms with E-state index in [1.54, 1.807) is 0 Å². The summed E-state index contributed by atoms with van der Waals surface area (Å²) >= 11 is 0. The van der Waals surface area contributed by atoms with Crippen molar-refractivity contribution in [2.75, 3.05) is 0 Å². The summed E-state index contributed by atoms with van der Waals surface area (Å²) in [6.07, 6.45) is 6.80. The highest BCUT2D eigenvalue weighted by Crippen LogP contribution is 2.74. The minimum atomic E-state index is -0.817. The van der Waals surface area contributed by atoms with E-state index in [0.717, 1.165) is 25.7 Å². The van der Waals surface area contributed by atoms with Crippen LogP contribution in [0.3, 0.4) is 0 Å². The zero-order chi connectivity index (χ0) is 25.2. The van der Waals surface area contributed by atoms with Crippen molar-refractivity contribution in [2.24, 2.45) is 51.8 Å². The number of hydrogen-bond donors (Lipinski definition) is 4. The fourth-order valence-electron chi connectivity index (χ4n) is 10.1. The molecule has 4 aliphatic rings. The second-order valence-corrected chi connectivity index (χ2v) is 13.5. The lowest BCUT2D eigenvalue weighted by Crippen LogP contribution is -2.66. The topological polar surface area (TPSA) is 98.0 Å². The molecule has 0 heterocycles. The number of carbonyl (C=O) groups is 1. The van der Waals surface area contributed by atoms with Gasteiger partial charge in [0.15, 0.2) is 0 Å². The van der Waals surface area contributed by atoms with Gasteiger partial charge in [-0.2, -0.15) is 0 Å². The van der Waals surface area contributed by atoms with Gasteiger partial charge in [-0.25, -0.2) is 0 Å². The largest absolute Gasteiger partial charge is 0.481 e. The van der Waals surface area contributed by atoms with E-state index in [9.17, 15) is 25.2 Å². The molecule has 4 saturated carbocycles. The summed E-state index contributed by atoms with van der Waals surface area (Å²) in [4.78, 5) is 12.4. The Morgan fingerprint density at radius 2 is 1.65 bits per heavy atom. The van der Waals surface area contributed by atoms with E-state index in [1.807, 2.05) is 13.8 Å². The van der Waals surface area contributed by atoms with Gasteiger partial charge in [-0.1, -0.05) is 39.3 Å². The van der Waals surface area contributed by atoms with E-state index in [-0.39, 0.29) is 46.0 Å². The molecule has 0 aromatic heterocycles. The molecule has 12 atom stereocenters. The summed E-state index contributed by atoms with van der Waals surface area (Å²) in [5.74, 6) is -1.01. The van der Waals surface area contributed by atoms with Gasteiger partial charge >= 0.3 is 5.97 Å². The monoisotopic (exact) mass is 476 g/mol. The quantitative estimate of drug-likeness (QED) is 0.417. The minimum absolute atomic E-state index is 0.00157. The Hall–Kier alpha value is -0.910. The van der Waals surface area contributed by atoms with Gasteiger partial charge < -0.3 is 20.4 Å². The molecule has 0 aromatic carbocycles. The van der Waals surface area contributed by atoms with Crippen molar-refractivity contribution >= 4 is 5.97 Å². The first kappa shape index (κ1) is 26.2. The number of aliphatic hydroxyl groups excluding tert-OH is 3. The first-order chi connectivity index (χ1) is 15.8. The molecular formula is C29H48O5. The zero-order valence-electron chi connectivity index (χ0n) is 22.1. The second-order valence-electron chi connectivity index (χ2n) is 13.5. The van der Waals surface area contributed by atoms with Crippen molar-refractivity contribution in [3.63, 3.8) is 0 Å². The van der Waals surface area contributed by atoms with E-state index >= 15 is 0 Å². The average molecular weight is 477 g/mol. The van der Waals surface area contributed by atoms with Crippen LogP contribution < -0.4 is 0 Å². The zero-order valence-corrected chi connectivity index (χ0v) is 22.1. The van der Waals surface area contributed by atoms with E-state index in [4.69, 9.17) is 0 Å². The van der Waals surface area contributed by atoms with E-state index in [0.29, 0.717) is 31.6 Å². The van der Waals surface area contributed by atoms with Gasteiger partial charge in [-0.15, -0.1) is 0 Å². The molecule has 0 saturated heterocycles. The normalized spacial score (nSPS) is 51.1. The molecular weight excluding hydrogens is 428 g/mol. The van der Waals surface area contributed by atoms with Gasteiger partial charge in [0, 0.05) is 5.92 Å². The number of aliphatic carboxylic acids is 1. The molecule has 5 nitrogen and oxygen atoms in total. The highest BCUT2D eigenvalue weighted by molar-refractivity contribution is 5.70. The summed E-state index contributed by atoms with van der Waals surface area (Å²) in [6, 6.07) is 0. The maximum atomic E-state index is 12.4. The molecule has 0 aliphatic heterocycles. The molecule has 34 heavy (non-hydrogen) atoms. The Morgan fingerprint density at radius 1 is 0.971 bits per heavy atom. The Bertz CT molecular complexity index is 819. The smallest absolute Gasteiger partial charge is 0.306 e. The predicted molar refractivity (Wildman–Crippen MR) is 133 cm³/mol. The van der Waals surface area contributed by atoms with E-state index < -0.39 is 24.1 Å². The molecule has 0 spiro atoms. The van der Waals surface area contributed by atoms with Crippen LogP contribution in [0.2, 0.25) is 0 Å². The molecule has 194 valence electrons. The Balaban J connectivity index is 1.69. The standard InChI is InChI=1S/C29H48O5/c1-16(2)8-7-9-18(26(33)34)24-20-14-22(31)25-27(4)12-11-21(30)17(3)19(27)10-13-28(25,5)29(20,6)15-23(24)32/h8,17-25,30-32H,7,9-15H2,1-6H3,(H,33,34)/t17?,18?,19?,20?,21?,22?,23-,24?,25?,27-,28?,29-/m0/s1. The first-order valence-electron chi connectivity index (χ1n) is 13.7. The number of fused-ring (bicyclic) bond motifs is 5. The average Bonchev–Trinajstić information content (AvgIpc) is 2.99. The summed E-state index contributed by atoms with van der Waals surface area (Å²) in [7, 11) is 0. The maximum absolute atomic E-state index is 12.4. The molecule has 4 aliphatic carbocycles. The maximum Gasteiger partial charge on any atom is 0.306 e. The van der Waals surface area contributed by atoms with Crippen LogP contribution in [0.25, 0.3) is 0 Å². The van der Waals surface area contributed by atoms with Crippen molar-refractivity contribution in [1.29, 1.82) is 0 Å². The van der Waals surface area contributed by atoms with Gasteiger partial charge in [-0.3, -0.25) is 4.79 Å². The Kier molecular flexibility index (Phi) is 6.84. The number of carboxylic acids is 1. The van der Waals surface area contributed by atoms with Gasteiger partial charge in [0.2, 0.25) is 0 Å². The van der Waals surface area contributed by atoms with E-state index in [2.05, 4.69) is 33.8 Å². The highest BCUT2D eigenvalue weighted by Gasteiger charge is 2.71. The fraction of sp³-hybridized carbons (Fsp3) is 0.897. The van der Waals surface area contributed by atoms with Crippen molar-refractivity contribution in [3.05, 3.63) is 11.6 Å². The molecule has 0 aromatic rings. The van der Waals surface area contributed by atoms with E-state index in [1.165, 1.54) is 5.57 Å². The highest BCUT2D eigenvalue weighted by atomic mass is 16.4. The van der Waals surface area contributed by atoms with Crippen molar-refractivity contribution in [3.8, 4) is 0 Å². The van der Waals surface area contributed by atoms with Crippen LogP contribution in [0.5, 0.6) is 0 Å². The fourth-order valence-corrected chi connectivity index (χ4v) is 10.1. The number of aliphatic hydroxyl groups is 3. The Labute approximate surface area is 206 Å². The SMILES string of the molecule is CC(C)=CCCC(C(=O)O)C1C2CC(O)C3C(C)(CCC4C(C)C(O)CC[C@@]43C)[C@@]2(C)C[C@@H]1O. The lowest BCUT2D eigenvalue weighted by atomic mass is 9.36. The van der Waals surface area contributed by atoms with Crippen LogP contribution >= 0.6 is 0 Å². The van der Waals surface area contributed by atoms with Gasteiger partial charge in [0.1, 0.15) is 0 Å². The third-order valence-electron chi connectivity index (χ3n) is 11.8. The van der Waals surface area contributed by atoms with Crippen LogP contribution in [-0.4, -0.2) is 44.7 Å². The molecule has 4 fully saturated rings. The third-order valence-corrected chi connectivity index (χ3v) is 11.8. The van der Waals surface area contributed by atoms with Gasteiger partial charge in [-0.05, 0) is 105 Å². The second kappa shape index (κ2) is 8.88. The molecule has 0 amide bonds. The lowest BCUT2D eigenvalue weighted by Gasteiger charge is -2.69. The molecule has 4 rings (SSSR count).